The number of carbonyl (C=O) groups is 2. The highest BCUT2D eigenvalue weighted by Gasteiger charge is 2.50. The lowest BCUT2D eigenvalue weighted by Crippen LogP contribution is -2.61. The molecule has 2 heterocycles. The van der Waals surface area contributed by atoms with Crippen molar-refractivity contribution in [3.05, 3.63) is 60.2 Å². The second-order valence-corrected chi connectivity index (χ2v) is 8.60. The van der Waals surface area contributed by atoms with Gasteiger partial charge in [0.1, 0.15) is 5.54 Å². The number of rotatable bonds is 4. The first kappa shape index (κ1) is 20.6. The maximum atomic E-state index is 13.9. The summed E-state index contributed by atoms with van der Waals surface area (Å²) in [6, 6.07) is 18.6. The Kier molecular flexibility index (Phi) is 5.91. The SMILES string of the molecule is CC(=O)N1CCCC1(Cc1ccccc1-c1ccccc1)C(=O)N1CCN(C)CC1. The van der Waals surface area contributed by atoms with Crippen LogP contribution >= 0.6 is 0 Å². The summed E-state index contributed by atoms with van der Waals surface area (Å²) in [6.07, 6.45) is 2.15. The zero-order chi connectivity index (χ0) is 21.1. The molecule has 0 N–H and O–H groups in total. The third-order valence-electron chi connectivity index (χ3n) is 6.64. The molecule has 1 atom stereocenters. The Morgan fingerprint density at radius 1 is 0.900 bits per heavy atom. The predicted molar refractivity (Wildman–Crippen MR) is 119 cm³/mol. The normalized spacial score (nSPS) is 22.3. The predicted octanol–water partition coefficient (Wildman–Crippen LogP) is 3.05. The monoisotopic (exact) mass is 405 g/mol. The molecule has 0 aromatic heterocycles. The summed E-state index contributed by atoms with van der Waals surface area (Å²) in [4.78, 5) is 32.6. The van der Waals surface area contributed by atoms with E-state index in [2.05, 4.69) is 36.2 Å². The summed E-state index contributed by atoms with van der Waals surface area (Å²) in [5, 5.41) is 0. The van der Waals surface area contributed by atoms with E-state index in [0.29, 0.717) is 13.0 Å². The number of carbonyl (C=O) groups excluding carboxylic acids is 2. The molecule has 2 aliphatic rings. The summed E-state index contributed by atoms with van der Waals surface area (Å²) in [5.41, 5.74) is 2.62. The zero-order valence-corrected chi connectivity index (χ0v) is 18.0. The van der Waals surface area contributed by atoms with Crippen LogP contribution in [0.25, 0.3) is 11.1 Å². The molecule has 5 heteroatoms. The van der Waals surface area contributed by atoms with Crippen LogP contribution < -0.4 is 0 Å². The molecule has 2 fully saturated rings. The molecule has 2 aromatic carbocycles. The first-order chi connectivity index (χ1) is 14.5. The Labute approximate surface area is 179 Å². The fourth-order valence-corrected chi connectivity index (χ4v) is 5.01. The van der Waals surface area contributed by atoms with Gasteiger partial charge in [0, 0.05) is 46.1 Å². The van der Waals surface area contributed by atoms with E-state index in [1.807, 2.05) is 40.1 Å². The number of amides is 2. The smallest absolute Gasteiger partial charge is 0.248 e. The van der Waals surface area contributed by atoms with E-state index in [1.165, 1.54) is 0 Å². The second kappa shape index (κ2) is 8.60. The molecule has 0 spiro atoms. The molecule has 158 valence electrons. The van der Waals surface area contributed by atoms with Crippen LogP contribution in [0.5, 0.6) is 0 Å². The van der Waals surface area contributed by atoms with Crippen LogP contribution in [0.3, 0.4) is 0 Å². The zero-order valence-electron chi connectivity index (χ0n) is 18.0. The van der Waals surface area contributed by atoms with Crippen LogP contribution in [0.2, 0.25) is 0 Å². The maximum absolute atomic E-state index is 13.9. The molecule has 0 bridgehead atoms. The van der Waals surface area contributed by atoms with Gasteiger partial charge >= 0.3 is 0 Å². The second-order valence-electron chi connectivity index (χ2n) is 8.60. The minimum absolute atomic E-state index is 0.00725. The van der Waals surface area contributed by atoms with Crippen LogP contribution in [0.4, 0.5) is 0 Å². The Morgan fingerprint density at radius 2 is 1.57 bits per heavy atom. The minimum Gasteiger partial charge on any atom is -0.338 e. The number of piperazine rings is 1. The third kappa shape index (κ3) is 3.86. The first-order valence-electron chi connectivity index (χ1n) is 10.9. The van der Waals surface area contributed by atoms with E-state index in [-0.39, 0.29) is 11.8 Å². The van der Waals surface area contributed by atoms with Gasteiger partial charge in [-0.2, -0.15) is 0 Å². The molecular formula is C25H31N3O2. The minimum atomic E-state index is -0.785. The average Bonchev–Trinajstić information content (AvgIpc) is 3.20. The fraction of sp³-hybridized carbons (Fsp3) is 0.440. The van der Waals surface area contributed by atoms with Crippen LogP contribution in [0.1, 0.15) is 25.3 Å². The molecule has 2 amide bonds. The Morgan fingerprint density at radius 3 is 2.27 bits per heavy atom. The van der Waals surface area contributed by atoms with E-state index in [0.717, 1.165) is 55.7 Å². The number of likely N-dealkylation sites (tertiary alicyclic amines) is 1. The quantitative estimate of drug-likeness (QED) is 0.785. The first-order valence-corrected chi connectivity index (χ1v) is 10.9. The molecule has 5 nitrogen and oxygen atoms in total. The highest BCUT2D eigenvalue weighted by molar-refractivity contribution is 5.92. The van der Waals surface area contributed by atoms with Crippen molar-refractivity contribution < 1.29 is 9.59 Å². The summed E-state index contributed by atoms with van der Waals surface area (Å²) >= 11 is 0. The van der Waals surface area contributed by atoms with Crippen LogP contribution in [0.15, 0.2) is 54.6 Å². The summed E-state index contributed by atoms with van der Waals surface area (Å²) in [7, 11) is 2.09. The summed E-state index contributed by atoms with van der Waals surface area (Å²) < 4.78 is 0. The van der Waals surface area contributed by atoms with E-state index in [9.17, 15) is 9.59 Å². The van der Waals surface area contributed by atoms with Crippen LogP contribution in [0, 0.1) is 0 Å². The molecule has 1 unspecified atom stereocenters. The molecule has 2 aliphatic heterocycles. The van der Waals surface area contributed by atoms with E-state index < -0.39 is 5.54 Å². The molecule has 0 aliphatic carbocycles. The Hall–Kier alpha value is -2.66. The number of hydrogen-bond donors (Lipinski definition) is 0. The maximum Gasteiger partial charge on any atom is 0.248 e. The van der Waals surface area contributed by atoms with Crippen molar-refractivity contribution in [3.8, 4) is 11.1 Å². The van der Waals surface area contributed by atoms with Crippen molar-refractivity contribution >= 4 is 11.8 Å². The molecule has 0 saturated carbocycles. The van der Waals surface area contributed by atoms with Crippen molar-refractivity contribution in [2.24, 2.45) is 0 Å². The van der Waals surface area contributed by atoms with Gasteiger partial charge in [0.05, 0.1) is 0 Å². The number of nitrogens with zero attached hydrogens (tertiary/aromatic N) is 3. The third-order valence-corrected chi connectivity index (χ3v) is 6.64. The van der Waals surface area contributed by atoms with Gasteiger partial charge in [0.15, 0.2) is 0 Å². The van der Waals surface area contributed by atoms with Gasteiger partial charge < -0.3 is 14.7 Å². The average molecular weight is 406 g/mol. The Balaban J connectivity index is 1.72. The molecule has 0 radical (unpaired) electrons. The largest absolute Gasteiger partial charge is 0.338 e. The summed E-state index contributed by atoms with van der Waals surface area (Å²) in [5.74, 6) is 0.110. The van der Waals surface area contributed by atoms with Gasteiger partial charge in [-0.1, -0.05) is 54.6 Å². The lowest BCUT2D eigenvalue weighted by Gasteiger charge is -2.43. The molecule has 30 heavy (non-hydrogen) atoms. The van der Waals surface area contributed by atoms with E-state index >= 15 is 0 Å². The molecule has 2 aromatic rings. The van der Waals surface area contributed by atoms with Crippen LogP contribution in [-0.2, 0) is 16.0 Å². The Bertz CT molecular complexity index is 906. The topological polar surface area (TPSA) is 43.9 Å². The van der Waals surface area contributed by atoms with Gasteiger partial charge in [0.2, 0.25) is 11.8 Å². The molecule has 4 rings (SSSR count). The van der Waals surface area contributed by atoms with Gasteiger partial charge in [0.25, 0.3) is 0 Å². The highest BCUT2D eigenvalue weighted by Crippen LogP contribution is 2.37. The number of benzene rings is 2. The van der Waals surface area contributed by atoms with Crippen molar-refractivity contribution in [1.82, 2.24) is 14.7 Å². The van der Waals surface area contributed by atoms with E-state index in [1.54, 1.807) is 6.92 Å². The number of likely N-dealkylation sites (N-methyl/N-ethyl adjacent to an activating group) is 1. The molecular weight excluding hydrogens is 374 g/mol. The van der Waals surface area contributed by atoms with Crippen molar-refractivity contribution in [1.29, 1.82) is 0 Å². The summed E-state index contributed by atoms with van der Waals surface area (Å²) in [6.45, 7) is 5.46. The van der Waals surface area contributed by atoms with Crippen molar-refractivity contribution in [2.45, 2.75) is 31.7 Å². The highest BCUT2D eigenvalue weighted by atomic mass is 16.2. The van der Waals surface area contributed by atoms with Gasteiger partial charge in [-0.15, -0.1) is 0 Å². The van der Waals surface area contributed by atoms with Gasteiger partial charge in [-0.25, -0.2) is 0 Å². The molecule has 2 saturated heterocycles. The fourth-order valence-electron chi connectivity index (χ4n) is 5.01. The van der Waals surface area contributed by atoms with Crippen molar-refractivity contribution in [3.63, 3.8) is 0 Å². The van der Waals surface area contributed by atoms with Crippen LogP contribution in [-0.4, -0.2) is 71.8 Å². The standard InChI is InChI=1S/C25H31N3O2/c1-20(29)28-14-8-13-25(28,24(30)27-17-15-26(2)16-18-27)19-22-11-6-7-12-23(22)21-9-4-3-5-10-21/h3-7,9-12H,8,13-19H2,1-2H3. The van der Waals surface area contributed by atoms with Crippen molar-refractivity contribution in [2.75, 3.05) is 39.8 Å². The number of hydrogen-bond acceptors (Lipinski definition) is 3. The van der Waals surface area contributed by atoms with Gasteiger partial charge in [-0.05, 0) is 36.6 Å². The van der Waals surface area contributed by atoms with Gasteiger partial charge in [-0.3, -0.25) is 9.59 Å². The lowest BCUT2D eigenvalue weighted by molar-refractivity contribution is -0.151. The lowest BCUT2D eigenvalue weighted by atomic mass is 9.83. The van der Waals surface area contributed by atoms with E-state index in [4.69, 9.17) is 0 Å².